The highest BCUT2D eigenvalue weighted by Gasteiger charge is 2.09. The van der Waals surface area contributed by atoms with Gasteiger partial charge in [-0.2, -0.15) is 0 Å². The zero-order chi connectivity index (χ0) is 12.2. The van der Waals surface area contributed by atoms with E-state index >= 15 is 0 Å². The lowest BCUT2D eigenvalue weighted by atomic mass is 9.91. The summed E-state index contributed by atoms with van der Waals surface area (Å²) in [6.07, 6.45) is 2.33. The molecule has 1 heteroatoms. The molecule has 1 rings (SSSR count). The number of aryl methyl sites for hydroxylation is 2. The van der Waals surface area contributed by atoms with Gasteiger partial charge in [-0.1, -0.05) is 39.0 Å². The molecular formula is C15H24O. The predicted molar refractivity (Wildman–Crippen MR) is 70.1 cm³/mol. The van der Waals surface area contributed by atoms with Gasteiger partial charge in [0.1, 0.15) is 5.75 Å². The number of para-hydroxylation sites is 1. The summed E-state index contributed by atoms with van der Waals surface area (Å²) in [5.41, 5.74) is 2.87. The van der Waals surface area contributed by atoms with Crippen molar-refractivity contribution in [2.24, 2.45) is 5.41 Å². The number of ether oxygens (including phenoxy) is 1. The molecular weight excluding hydrogens is 196 g/mol. The van der Waals surface area contributed by atoms with Crippen LogP contribution in [0.5, 0.6) is 5.75 Å². The summed E-state index contributed by atoms with van der Waals surface area (Å²) in [6, 6.07) is 6.28. The molecule has 0 amide bonds. The Morgan fingerprint density at radius 1 is 1.06 bits per heavy atom. The van der Waals surface area contributed by atoms with Crippen LogP contribution in [0.4, 0.5) is 0 Å². The van der Waals surface area contributed by atoms with Gasteiger partial charge in [-0.3, -0.25) is 0 Å². The van der Waals surface area contributed by atoms with Crippen molar-refractivity contribution in [2.75, 3.05) is 6.61 Å². The summed E-state index contributed by atoms with van der Waals surface area (Å²) < 4.78 is 5.86. The molecule has 0 unspecified atom stereocenters. The van der Waals surface area contributed by atoms with Crippen molar-refractivity contribution in [1.29, 1.82) is 0 Å². The average molecular weight is 220 g/mol. The zero-order valence-electron chi connectivity index (χ0n) is 11.3. The molecule has 0 radical (unpaired) electrons. The minimum atomic E-state index is 0.407. The SMILES string of the molecule is Cc1cccc(C)c1OCCCC(C)(C)C. The third kappa shape index (κ3) is 4.26. The highest BCUT2D eigenvalue weighted by atomic mass is 16.5. The second kappa shape index (κ2) is 5.38. The molecule has 16 heavy (non-hydrogen) atoms. The Morgan fingerprint density at radius 3 is 2.12 bits per heavy atom. The predicted octanol–water partition coefficient (Wildman–Crippen LogP) is 4.51. The molecule has 0 atom stereocenters. The summed E-state index contributed by atoms with van der Waals surface area (Å²) in [4.78, 5) is 0. The first-order valence-corrected chi connectivity index (χ1v) is 6.09. The molecule has 1 aromatic rings. The van der Waals surface area contributed by atoms with Crippen LogP contribution in [0.3, 0.4) is 0 Å². The molecule has 0 aliphatic rings. The first kappa shape index (κ1) is 13.1. The minimum Gasteiger partial charge on any atom is -0.493 e. The molecule has 0 aliphatic heterocycles. The fourth-order valence-corrected chi connectivity index (χ4v) is 1.80. The van der Waals surface area contributed by atoms with Gasteiger partial charge in [0.25, 0.3) is 0 Å². The molecule has 0 fully saturated rings. The van der Waals surface area contributed by atoms with Gasteiger partial charge in [0.15, 0.2) is 0 Å². The molecule has 1 nitrogen and oxygen atoms in total. The van der Waals surface area contributed by atoms with Gasteiger partial charge in [0.2, 0.25) is 0 Å². The van der Waals surface area contributed by atoms with E-state index in [-0.39, 0.29) is 0 Å². The first-order chi connectivity index (χ1) is 7.40. The summed E-state index contributed by atoms with van der Waals surface area (Å²) >= 11 is 0. The van der Waals surface area contributed by atoms with Crippen LogP contribution >= 0.6 is 0 Å². The third-order valence-electron chi connectivity index (χ3n) is 2.73. The number of hydrogen-bond donors (Lipinski definition) is 0. The molecule has 0 N–H and O–H groups in total. The Labute approximate surface area is 99.8 Å². The van der Waals surface area contributed by atoms with E-state index in [1.807, 2.05) is 0 Å². The Bertz CT molecular complexity index is 314. The van der Waals surface area contributed by atoms with Gasteiger partial charge < -0.3 is 4.74 Å². The van der Waals surface area contributed by atoms with Crippen LogP contribution in [-0.2, 0) is 0 Å². The van der Waals surface area contributed by atoms with Crippen molar-refractivity contribution < 1.29 is 4.74 Å². The number of benzene rings is 1. The quantitative estimate of drug-likeness (QED) is 0.678. The highest BCUT2D eigenvalue weighted by molar-refractivity contribution is 5.39. The Hall–Kier alpha value is -0.980. The summed E-state index contributed by atoms with van der Waals surface area (Å²) in [5, 5.41) is 0. The topological polar surface area (TPSA) is 9.23 Å². The van der Waals surface area contributed by atoms with Gasteiger partial charge in [-0.15, -0.1) is 0 Å². The van der Waals surface area contributed by atoms with Crippen LogP contribution in [0.1, 0.15) is 44.7 Å². The molecule has 0 saturated carbocycles. The maximum absolute atomic E-state index is 5.86. The van der Waals surface area contributed by atoms with Gasteiger partial charge in [0, 0.05) is 0 Å². The maximum Gasteiger partial charge on any atom is 0.125 e. The first-order valence-electron chi connectivity index (χ1n) is 6.09. The lowest BCUT2D eigenvalue weighted by molar-refractivity contribution is 0.267. The molecule has 1 aromatic carbocycles. The Morgan fingerprint density at radius 2 is 1.62 bits per heavy atom. The van der Waals surface area contributed by atoms with Crippen molar-refractivity contribution in [1.82, 2.24) is 0 Å². The average Bonchev–Trinajstić information content (AvgIpc) is 2.14. The van der Waals surface area contributed by atoms with Crippen molar-refractivity contribution in [3.05, 3.63) is 29.3 Å². The van der Waals surface area contributed by atoms with Crippen molar-refractivity contribution in [3.63, 3.8) is 0 Å². The third-order valence-corrected chi connectivity index (χ3v) is 2.73. The number of hydrogen-bond acceptors (Lipinski definition) is 1. The summed E-state index contributed by atoms with van der Waals surface area (Å²) in [5.74, 6) is 1.07. The van der Waals surface area contributed by atoms with E-state index in [2.05, 4.69) is 52.8 Å². The van der Waals surface area contributed by atoms with Crippen LogP contribution in [0, 0.1) is 19.3 Å². The normalized spacial score (nSPS) is 11.6. The highest BCUT2D eigenvalue weighted by Crippen LogP contribution is 2.24. The summed E-state index contributed by atoms with van der Waals surface area (Å²) in [7, 11) is 0. The van der Waals surface area contributed by atoms with E-state index in [9.17, 15) is 0 Å². The van der Waals surface area contributed by atoms with Gasteiger partial charge in [-0.25, -0.2) is 0 Å². The van der Waals surface area contributed by atoms with Crippen LogP contribution in [0.15, 0.2) is 18.2 Å². The lowest BCUT2D eigenvalue weighted by Gasteiger charge is -2.18. The smallest absolute Gasteiger partial charge is 0.125 e. The maximum atomic E-state index is 5.86. The standard InChI is InChI=1S/C15H24O/c1-12-8-6-9-13(2)14(12)16-11-7-10-15(3,4)5/h6,8-9H,7,10-11H2,1-5H3. The molecule has 90 valence electrons. The largest absolute Gasteiger partial charge is 0.493 e. The van der Waals surface area contributed by atoms with Crippen LogP contribution < -0.4 is 4.74 Å². The molecule has 0 saturated heterocycles. The van der Waals surface area contributed by atoms with Crippen molar-refractivity contribution in [3.8, 4) is 5.75 Å². The Balaban J connectivity index is 2.43. The van der Waals surface area contributed by atoms with Crippen LogP contribution in [0.25, 0.3) is 0 Å². The van der Waals surface area contributed by atoms with Crippen LogP contribution in [0.2, 0.25) is 0 Å². The zero-order valence-corrected chi connectivity index (χ0v) is 11.3. The van der Waals surface area contributed by atoms with Crippen molar-refractivity contribution >= 4 is 0 Å². The molecule has 0 heterocycles. The molecule has 0 aliphatic carbocycles. The van der Waals surface area contributed by atoms with E-state index in [0.29, 0.717) is 5.41 Å². The second-order valence-electron chi connectivity index (χ2n) is 5.73. The fraction of sp³-hybridized carbons (Fsp3) is 0.600. The van der Waals surface area contributed by atoms with Gasteiger partial charge in [0.05, 0.1) is 6.61 Å². The summed E-state index contributed by atoms with van der Waals surface area (Å²) in [6.45, 7) is 11.8. The number of rotatable bonds is 4. The molecule has 0 bridgehead atoms. The van der Waals surface area contributed by atoms with Gasteiger partial charge >= 0.3 is 0 Å². The monoisotopic (exact) mass is 220 g/mol. The van der Waals surface area contributed by atoms with E-state index in [0.717, 1.165) is 18.8 Å². The molecule has 0 aromatic heterocycles. The van der Waals surface area contributed by atoms with Crippen LogP contribution in [-0.4, -0.2) is 6.61 Å². The lowest BCUT2D eigenvalue weighted by Crippen LogP contribution is -2.08. The second-order valence-corrected chi connectivity index (χ2v) is 5.73. The van der Waals surface area contributed by atoms with E-state index in [1.54, 1.807) is 0 Å². The minimum absolute atomic E-state index is 0.407. The Kier molecular flexibility index (Phi) is 4.40. The fourth-order valence-electron chi connectivity index (χ4n) is 1.80. The van der Waals surface area contributed by atoms with E-state index in [4.69, 9.17) is 4.74 Å². The van der Waals surface area contributed by atoms with Gasteiger partial charge in [-0.05, 0) is 43.2 Å². The van der Waals surface area contributed by atoms with Crippen molar-refractivity contribution in [2.45, 2.75) is 47.5 Å². The van der Waals surface area contributed by atoms with E-state index in [1.165, 1.54) is 17.5 Å². The molecule has 0 spiro atoms. The van der Waals surface area contributed by atoms with E-state index < -0.39 is 0 Å².